The number of unbranched alkanes of at least 4 members (excludes halogenated alkanes) is 3. The number of carbonyl (C=O) groups excluding carboxylic acids is 2. The molecule has 158 valence electrons. The quantitative estimate of drug-likeness (QED) is 0.364. The van der Waals surface area contributed by atoms with Crippen LogP contribution < -0.4 is 16.0 Å². The zero-order valence-corrected chi connectivity index (χ0v) is 17.3. The van der Waals surface area contributed by atoms with E-state index >= 15 is 0 Å². The fourth-order valence-corrected chi connectivity index (χ4v) is 4.04. The molecule has 3 rings (SSSR count). The van der Waals surface area contributed by atoms with Gasteiger partial charge in [0.05, 0.1) is 6.61 Å². The molecule has 0 spiro atoms. The molecule has 5 N–H and O–H groups in total. The largest absolute Gasteiger partial charge is 0.351 e. The van der Waals surface area contributed by atoms with E-state index in [4.69, 9.17) is 15.2 Å². The molecular weight excluding hydrogens is 395 g/mol. The highest BCUT2D eigenvalue weighted by molar-refractivity contribution is 7.51. The summed E-state index contributed by atoms with van der Waals surface area (Å²) in [6, 6.07) is 5.06. The summed E-state index contributed by atoms with van der Waals surface area (Å²) < 4.78 is 15.8. The Morgan fingerprint density at radius 2 is 2.07 bits per heavy atom. The van der Waals surface area contributed by atoms with E-state index in [0.29, 0.717) is 31.6 Å². The standard InChI is InChI=1S/C19H27N4O5P/c1-29(26,27)28-11-5-3-2-4-9-21-18(24)16-12-14-13-8-10-23(19(20)25)17(13)7-6-15(14)22-16/h6-7,12,22H,2-5,8-11H2,1H3,(H2,20,25)(H,21,24)(H,26,27). The minimum Gasteiger partial charge on any atom is -0.351 e. The molecule has 2 heterocycles. The molecule has 0 saturated carbocycles. The first-order valence-corrected chi connectivity index (χ1v) is 11.7. The Morgan fingerprint density at radius 1 is 1.31 bits per heavy atom. The zero-order chi connectivity index (χ0) is 21.0. The molecule has 2 aromatic rings. The van der Waals surface area contributed by atoms with Gasteiger partial charge in [0, 0.05) is 36.3 Å². The van der Waals surface area contributed by atoms with Crippen LogP contribution in [0.3, 0.4) is 0 Å². The first kappa shape index (κ1) is 21.4. The van der Waals surface area contributed by atoms with Crippen molar-refractivity contribution < 1.29 is 23.6 Å². The molecule has 0 fully saturated rings. The normalized spacial score (nSPS) is 15.3. The van der Waals surface area contributed by atoms with Crippen molar-refractivity contribution in [3.8, 4) is 0 Å². The Balaban J connectivity index is 1.48. The van der Waals surface area contributed by atoms with Crippen LogP contribution in [-0.2, 0) is 15.5 Å². The summed E-state index contributed by atoms with van der Waals surface area (Å²) in [5.41, 5.74) is 8.60. The molecule has 10 heteroatoms. The molecule has 0 bridgehead atoms. The summed E-state index contributed by atoms with van der Waals surface area (Å²) >= 11 is 0. The number of nitrogens with two attached hydrogens (primary N) is 1. The van der Waals surface area contributed by atoms with Crippen molar-refractivity contribution in [3.05, 3.63) is 29.5 Å². The number of carbonyl (C=O) groups is 2. The van der Waals surface area contributed by atoms with Gasteiger partial charge in [0.1, 0.15) is 5.69 Å². The van der Waals surface area contributed by atoms with Gasteiger partial charge in [0.15, 0.2) is 0 Å². The van der Waals surface area contributed by atoms with E-state index in [2.05, 4.69) is 10.3 Å². The molecule has 1 aromatic carbocycles. The molecular formula is C19H27N4O5P. The monoisotopic (exact) mass is 422 g/mol. The average Bonchev–Trinajstić information content (AvgIpc) is 3.26. The average molecular weight is 422 g/mol. The van der Waals surface area contributed by atoms with Crippen LogP contribution in [0.4, 0.5) is 10.5 Å². The fourth-order valence-electron chi connectivity index (χ4n) is 3.58. The van der Waals surface area contributed by atoms with Crippen LogP contribution in [0.2, 0.25) is 0 Å². The number of fused-ring (bicyclic) bond motifs is 3. The van der Waals surface area contributed by atoms with Crippen LogP contribution >= 0.6 is 7.60 Å². The highest BCUT2D eigenvalue weighted by Gasteiger charge is 2.25. The third-order valence-electron chi connectivity index (χ3n) is 4.96. The lowest BCUT2D eigenvalue weighted by Gasteiger charge is -2.13. The SMILES string of the molecule is CP(=O)(O)OCCCCCCNC(=O)c1cc2c3c(ccc2[nH]1)N(C(N)=O)CC3. The lowest BCUT2D eigenvalue weighted by molar-refractivity contribution is 0.0948. The van der Waals surface area contributed by atoms with E-state index < -0.39 is 13.6 Å². The van der Waals surface area contributed by atoms with Crippen molar-refractivity contribution in [2.24, 2.45) is 5.73 Å². The number of primary amides is 1. The number of aromatic amines is 1. The fraction of sp³-hybridized carbons (Fsp3) is 0.474. The maximum atomic E-state index is 12.4. The number of anilines is 1. The van der Waals surface area contributed by atoms with Crippen LogP contribution in [0.1, 0.15) is 41.7 Å². The molecule has 1 unspecified atom stereocenters. The molecule has 0 radical (unpaired) electrons. The van der Waals surface area contributed by atoms with Gasteiger partial charge < -0.3 is 25.5 Å². The smallest absolute Gasteiger partial charge is 0.325 e. The zero-order valence-electron chi connectivity index (χ0n) is 16.4. The second-order valence-corrected chi connectivity index (χ2v) is 9.12. The van der Waals surface area contributed by atoms with Gasteiger partial charge in [-0.1, -0.05) is 12.8 Å². The summed E-state index contributed by atoms with van der Waals surface area (Å²) in [6.45, 7) is 2.54. The van der Waals surface area contributed by atoms with Crippen molar-refractivity contribution in [2.45, 2.75) is 32.1 Å². The first-order chi connectivity index (χ1) is 13.8. The van der Waals surface area contributed by atoms with E-state index in [0.717, 1.165) is 41.4 Å². The van der Waals surface area contributed by atoms with Gasteiger partial charge >= 0.3 is 13.6 Å². The second kappa shape index (κ2) is 8.98. The molecule has 1 aromatic heterocycles. The Hall–Kier alpha value is -2.35. The predicted octanol–water partition coefficient (Wildman–Crippen LogP) is 2.73. The number of rotatable bonds is 9. The number of H-pyrrole nitrogens is 1. The van der Waals surface area contributed by atoms with Gasteiger partial charge in [0.25, 0.3) is 5.91 Å². The van der Waals surface area contributed by atoms with Crippen molar-refractivity contribution in [2.75, 3.05) is 31.3 Å². The second-order valence-electron chi connectivity index (χ2n) is 7.25. The number of benzene rings is 1. The number of urea groups is 1. The summed E-state index contributed by atoms with van der Waals surface area (Å²) in [6.07, 6.45) is 4.00. The van der Waals surface area contributed by atoms with Gasteiger partial charge in [-0.25, -0.2) is 4.79 Å². The Kier molecular flexibility index (Phi) is 6.62. The van der Waals surface area contributed by atoms with Gasteiger partial charge in [-0.2, -0.15) is 0 Å². The molecule has 1 aliphatic rings. The Morgan fingerprint density at radius 3 is 2.79 bits per heavy atom. The first-order valence-electron chi connectivity index (χ1n) is 9.71. The summed E-state index contributed by atoms with van der Waals surface area (Å²) in [4.78, 5) is 37.7. The number of amides is 3. The Labute approximate surface area is 169 Å². The van der Waals surface area contributed by atoms with Gasteiger partial charge in [-0.05, 0) is 43.0 Å². The molecule has 1 atom stereocenters. The lowest BCUT2D eigenvalue weighted by atomic mass is 10.1. The van der Waals surface area contributed by atoms with Crippen LogP contribution in [0.5, 0.6) is 0 Å². The van der Waals surface area contributed by atoms with Crippen LogP contribution in [-0.4, -0.2) is 48.2 Å². The molecule has 0 aliphatic carbocycles. The van der Waals surface area contributed by atoms with Gasteiger partial charge in [0.2, 0.25) is 0 Å². The summed E-state index contributed by atoms with van der Waals surface area (Å²) in [5, 5.41) is 3.84. The number of hydrogen-bond donors (Lipinski definition) is 4. The van der Waals surface area contributed by atoms with E-state index in [1.165, 1.54) is 6.66 Å². The van der Waals surface area contributed by atoms with Gasteiger partial charge in [-0.15, -0.1) is 0 Å². The van der Waals surface area contributed by atoms with Crippen molar-refractivity contribution >= 4 is 36.1 Å². The lowest BCUT2D eigenvalue weighted by Crippen LogP contribution is -2.33. The molecule has 1 aliphatic heterocycles. The minimum atomic E-state index is -3.39. The van der Waals surface area contributed by atoms with Gasteiger partial charge in [-0.3, -0.25) is 14.3 Å². The van der Waals surface area contributed by atoms with Crippen LogP contribution in [0, 0.1) is 0 Å². The predicted molar refractivity (Wildman–Crippen MR) is 111 cm³/mol. The van der Waals surface area contributed by atoms with E-state index in [9.17, 15) is 14.2 Å². The minimum absolute atomic E-state index is 0.171. The molecule has 9 nitrogen and oxygen atoms in total. The van der Waals surface area contributed by atoms with Crippen molar-refractivity contribution in [1.82, 2.24) is 10.3 Å². The number of aromatic nitrogens is 1. The Bertz CT molecular complexity index is 951. The van der Waals surface area contributed by atoms with Crippen molar-refractivity contribution in [1.29, 1.82) is 0 Å². The third-order valence-corrected chi connectivity index (χ3v) is 5.63. The van der Waals surface area contributed by atoms with E-state index in [1.54, 1.807) is 4.90 Å². The van der Waals surface area contributed by atoms with E-state index in [-0.39, 0.29) is 12.5 Å². The van der Waals surface area contributed by atoms with E-state index in [1.807, 2.05) is 18.2 Å². The topological polar surface area (TPSA) is 138 Å². The summed E-state index contributed by atoms with van der Waals surface area (Å²) in [5.74, 6) is -0.171. The van der Waals surface area contributed by atoms with Crippen molar-refractivity contribution in [3.63, 3.8) is 0 Å². The molecule has 3 amide bonds. The summed E-state index contributed by atoms with van der Waals surface area (Å²) in [7, 11) is -3.39. The third kappa shape index (κ3) is 5.38. The number of nitrogens with zero attached hydrogens (tertiary/aromatic N) is 1. The van der Waals surface area contributed by atoms with Crippen LogP contribution in [0.25, 0.3) is 10.9 Å². The van der Waals surface area contributed by atoms with Crippen LogP contribution in [0.15, 0.2) is 18.2 Å². The highest BCUT2D eigenvalue weighted by Crippen LogP contribution is 2.36. The molecule has 29 heavy (non-hydrogen) atoms. The maximum Gasteiger partial charge on any atom is 0.325 e. The highest BCUT2D eigenvalue weighted by atomic mass is 31.2. The number of nitrogens with one attached hydrogen (secondary N) is 2. The maximum absolute atomic E-state index is 12.4. The number of hydrogen-bond acceptors (Lipinski definition) is 4. The molecule has 0 saturated heterocycles.